The summed E-state index contributed by atoms with van der Waals surface area (Å²) >= 11 is 0. The third kappa shape index (κ3) is 8.54. The Morgan fingerprint density at radius 1 is 0.588 bits per heavy atom. The van der Waals surface area contributed by atoms with Crippen molar-refractivity contribution in [1.29, 1.82) is 0 Å². The average molecular weight is 694 g/mol. The van der Waals surface area contributed by atoms with E-state index >= 15 is 0 Å². The highest BCUT2D eigenvalue weighted by Crippen LogP contribution is 2.32. The van der Waals surface area contributed by atoms with Gasteiger partial charge in [-0.2, -0.15) is 0 Å². The molecule has 2 saturated carbocycles. The standard InChI is InChI=1S/C41H51N5O5/c47-37(25-34-13-7-23-45(34)40(49)30-9-3-1-4-10-30)43-32-19-15-28(16-20-32)36-27-42-39(51-36)29-17-21-33(22-18-29)44-38(48)26-35-14-8-24-46(35)41(50)31-11-5-2-6-12-31/h15-22,27,30-31,34-35H,1-14,23-26H2,(H,43,47)(H,44,48)/t34-,35-/m0/s1. The Labute approximate surface area is 300 Å². The number of likely N-dealkylation sites (tertiary alicyclic amines) is 2. The fourth-order valence-corrected chi connectivity index (χ4v) is 8.65. The van der Waals surface area contributed by atoms with Gasteiger partial charge in [-0.1, -0.05) is 38.5 Å². The molecule has 0 radical (unpaired) electrons. The number of benzene rings is 2. The second-order valence-corrected chi connectivity index (χ2v) is 15.0. The van der Waals surface area contributed by atoms with Gasteiger partial charge in [0.2, 0.25) is 29.5 Å². The van der Waals surface area contributed by atoms with Gasteiger partial charge in [-0.25, -0.2) is 4.98 Å². The van der Waals surface area contributed by atoms with E-state index in [-0.39, 0.29) is 47.5 Å². The van der Waals surface area contributed by atoms with Crippen LogP contribution in [-0.4, -0.2) is 63.6 Å². The Bertz CT molecular complexity index is 1550. The van der Waals surface area contributed by atoms with Crippen molar-refractivity contribution < 1.29 is 23.6 Å². The molecular formula is C41H51N5O5. The molecule has 2 aliphatic carbocycles. The van der Waals surface area contributed by atoms with Crippen LogP contribution in [0.5, 0.6) is 0 Å². The monoisotopic (exact) mass is 693 g/mol. The summed E-state index contributed by atoms with van der Waals surface area (Å²) in [4.78, 5) is 60.6. The van der Waals surface area contributed by atoms with Crippen LogP contribution < -0.4 is 10.6 Å². The number of anilines is 2. The van der Waals surface area contributed by atoms with E-state index < -0.39 is 0 Å². The van der Waals surface area contributed by atoms with Crippen molar-refractivity contribution in [2.45, 2.75) is 115 Å². The predicted octanol–water partition coefficient (Wildman–Crippen LogP) is 7.81. The van der Waals surface area contributed by atoms with Crippen LogP contribution >= 0.6 is 0 Å². The van der Waals surface area contributed by atoms with Crippen LogP contribution in [-0.2, 0) is 19.2 Å². The zero-order valence-electron chi connectivity index (χ0n) is 29.6. The molecule has 2 N–H and O–H groups in total. The number of rotatable bonds is 10. The summed E-state index contributed by atoms with van der Waals surface area (Å²) in [5.74, 6) is 1.64. The number of oxazole rings is 1. The largest absolute Gasteiger partial charge is 0.436 e. The third-order valence-corrected chi connectivity index (χ3v) is 11.4. The lowest BCUT2D eigenvalue weighted by Gasteiger charge is -2.30. The van der Waals surface area contributed by atoms with Gasteiger partial charge in [0.05, 0.1) is 6.20 Å². The third-order valence-electron chi connectivity index (χ3n) is 11.4. The molecule has 0 unspecified atom stereocenters. The van der Waals surface area contributed by atoms with Gasteiger partial charge < -0.3 is 24.9 Å². The molecule has 4 amide bonds. The summed E-state index contributed by atoms with van der Waals surface area (Å²) in [6, 6.07) is 14.8. The van der Waals surface area contributed by atoms with Crippen LogP contribution in [0.3, 0.4) is 0 Å². The summed E-state index contributed by atoms with van der Waals surface area (Å²) in [5, 5.41) is 6.01. The van der Waals surface area contributed by atoms with Gasteiger partial charge in [0.15, 0.2) is 5.76 Å². The van der Waals surface area contributed by atoms with Crippen LogP contribution in [0.4, 0.5) is 11.4 Å². The van der Waals surface area contributed by atoms with E-state index in [2.05, 4.69) is 15.6 Å². The van der Waals surface area contributed by atoms with E-state index in [1.54, 1.807) is 6.20 Å². The summed E-state index contributed by atoms with van der Waals surface area (Å²) in [6.45, 7) is 1.51. The molecule has 2 saturated heterocycles. The molecule has 1 aromatic heterocycles. The Morgan fingerprint density at radius 3 is 1.51 bits per heavy atom. The van der Waals surface area contributed by atoms with E-state index in [0.29, 0.717) is 35.9 Å². The maximum atomic E-state index is 13.1. The number of hydrogen-bond donors (Lipinski definition) is 2. The highest BCUT2D eigenvalue weighted by atomic mass is 16.4. The van der Waals surface area contributed by atoms with Crippen molar-refractivity contribution >= 4 is 35.0 Å². The minimum atomic E-state index is -0.0839. The molecule has 2 aromatic carbocycles. The molecule has 3 aromatic rings. The van der Waals surface area contributed by atoms with Crippen molar-refractivity contribution in [3.8, 4) is 22.8 Å². The number of carbonyl (C=O) groups is 4. The Morgan fingerprint density at radius 2 is 1.04 bits per heavy atom. The summed E-state index contributed by atoms with van der Waals surface area (Å²) in [7, 11) is 0. The SMILES string of the molecule is O=C(C[C@@H]1CCCN1C(=O)C1CCCCC1)Nc1ccc(-c2cnc(-c3ccc(NC(=O)C[C@@H]4CCCN4C(=O)C4CCCCC4)cc3)o2)cc1. The maximum Gasteiger partial charge on any atom is 0.226 e. The topological polar surface area (TPSA) is 125 Å². The fourth-order valence-electron chi connectivity index (χ4n) is 8.65. The first-order chi connectivity index (χ1) is 24.9. The quantitative estimate of drug-likeness (QED) is 0.223. The van der Waals surface area contributed by atoms with E-state index in [1.807, 2.05) is 58.3 Å². The van der Waals surface area contributed by atoms with Crippen molar-refractivity contribution in [3.63, 3.8) is 0 Å². The number of hydrogen-bond acceptors (Lipinski definition) is 6. The number of carbonyl (C=O) groups excluding carboxylic acids is 4. The highest BCUT2D eigenvalue weighted by molar-refractivity contribution is 5.93. The van der Waals surface area contributed by atoms with Gasteiger partial charge in [0.1, 0.15) is 0 Å². The molecule has 0 bridgehead atoms. The average Bonchev–Trinajstić information content (AvgIpc) is 3.95. The van der Waals surface area contributed by atoms with Gasteiger partial charge in [-0.15, -0.1) is 0 Å². The van der Waals surface area contributed by atoms with Crippen LogP contribution in [0, 0.1) is 11.8 Å². The first-order valence-corrected chi connectivity index (χ1v) is 19.3. The number of amides is 4. The van der Waals surface area contributed by atoms with Gasteiger partial charge in [-0.3, -0.25) is 19.2 Å². The van der Waals surface area contributed by atoms with Gasteiger partial charge in [0, 0.05) is 72.4 Å². The highest BCUT2D eigenvalue weighted by Gasteiger charge is 2.36. The van der Waals surface area contributed by atoms with E-state index in [4.69, 9.17) is 4.42 Å². The van der Waals surface area contributed by atoms with Gasteiger partial charge in [-0.05, 0) is 99.9 Å². The fraction of sp³-hybridized carbons (Fsp3) is 0.537. The Hall–Kier alpha value is -4.47. The minimum Gasteiger partial charge on any atom is -0.436 e. The molecule has 10 nitrogen and oxygen atoms in total. The van der Waals surface area contributed by atoms with Crippen LogP contribution in [0.15, 0.2) is 59.1 Å². The lowest BCUT2D eigenvalue weighted by atomic mass is 9.88. The first kappa shape index (κ1) is 35.0. The van der Waals surface area contributed by atoms with Crippen molar-refractivity contribution in [1.82, 2.24) is 14.8 Å². The molecule has 3 heterocycles. The molecule has 4 aliphatic rings. The molecule has 270 valence electrons. The molecule has 51 heavy (non-hydrogen) atoms. The predicted molar refractivity (Wildman–Crippen MR) is 196 cm³/mol. The van der Waals surface area contributed by atoms with Crippen LogP contribution in [0.1, 0.15) is 103 Å². The lowest BCUT2D eigenvalue weighted by Crippen LogP contribution is -2.41. The summed E-state index contributed by atoms with van der Waals surface area (Å²) < 4.78 is 6.08. The molecule has 10 heteroatoms. The molecule has 2 atom stereocenters. The van der Waals surface area contributed by atoms with Crippen LogP contribution in [0.2, 0.25) is 0 Å². The minimum absolute atomic E-state index is 0.0258. The maximum absolute atomic E-state index is 13.1. The molecular weight excluding hydrogens is 642 g/mol. The molecule has 2 aliphatic heterocycles. The first-order valence-electron chi connectivity index (χ1n) is 19.3. The van der Waals surface area contributed by atoms with E-state index in [0.717, 1.165) is 101 Å². The van der Waals surface area contributed by atoms with Crippen molar-refractivity contribution in [2.24, 2.45) is 11.8 Å². The van der Waals surface area contributed by atoms with E-state index in [9.17, 15) is 19.2 Å². The molecule has 4 fully saturated rings. The second kappa shape index (κ2) is 16.3. The smallest absolute Gasteiger partial charge is 0.226 e. The van der Waals surface area contributed by atoms with Gasteiger partial charge in [0.25, 0.3) is 0 Å². The molecule has 0 spiro atoms. The van der Waals surface area contributed by atoms with Crippen molar-refractivity contribution in [3.05, 3.63) is 54.7 Å². The number of nitrogens with zero attached hydrogens (tertiary/aromatic N) is 3. The summed E-state index contributed by atoms with van der Waals surface area (Å²) in [5.41, 5.74) is 3.00. The van der Waals surface area contributed by atoms with Gasteiger partial charge >= 0.3 is 0 Å². The Kier molecular flexibility index (Phi) is 11.1. The second-order valence-electron chi connectivity index (χ2n) is 15.0. The zero-order valence-corrected chi connectivity index (χ0v) is 29.6. The zero-order chi connectivity index (χ0) is 35.2. The number of aromatic nitrogens is 1. The lowest BCUT2D eigenvalue weighted by molar-refractivity contribution is -0.139. The molecule has 7 rings (SSSR count). The van der Waals surface area contributed by atoms with Crippen molar-refractivity contribution in [2.75, 3.05) is 23.7 Å². The normalized spacial score (nSPS) is 21.5. The summed E-state index contributed by atoms with van der Waals surface area (Å²) in [6.07, 6.45) is 16.8. The van der Waals surface area contributed by atoms with Crippen LogP contribution in [0.25, 0.3) is 22.8 Å². The Balaban J connectivity index is 0.889. The number of nitrogens with one attached hydrogen (secondary N) is 2. The van der Waals surface area contributed by atoms with E-state index in [1.165, 1.54) is 12.8 Å².